The van der Waals surface area contributed by atoms with Gasteiger partial charge in [0.2, 0.25) is 0 Å². The van der Waals surface area contributed by atoms with Gasteiger partial charge in [-0.1, -0.05) is 43.5 Å². The molecule has 0 spiro atoms. The van der Waals surface area contributed by atoms with E-state index in [4.69, 9.17) is 0 Å². The minimum Gasteiger partial charge on any atom is -0.449 e. The minimum atomic E-state index is -4.60. The number of allylic oxidation sites excluding steroid dienone is 4. The summed E-state index contributed by atoms with van der Waals surface area (Å²) in [6.45, 7) is -2.61. The molecule has 1 rings (SSSR count). The van der Waals surface area contributed by atoms with E-state index in [0.717, 1.165) is 6.42 Å². The molecule has 0 unspecified atom stereocenters. The van der Waals surface area contributed by atoms with Crippen LogP contribution < -0.4 is 51.4 Å². The summed E-state index contributed by atoms with van der Waals surface area (Å²) < 4.78 is 36.2. The molecule has 0 radical (unpaired) electrons. The minimum absolute atomic E-state index is 0. The zero-order chi connectivity index (χ0) is 9.90. The Bertz CT molecular complexity index is 223. The summed E-state index contributed by atoms with van der Waals surface area (Å²) in [6, 6.07) is 0. The average molecular weight is 228 g/mol. The van der Waals surface area contributed by atoms with Gasteiger partial charge in [-0.05, 0) is 12.3 Å². The first-order valence-electron chi connectivity index (χ1n) is 4.59. The van der Waals surface area contributed by atoms with Gasteiger partial charge in [-0.2, -0.15) is 0 Å². The van der Waals surface area contributed by atoms with Crippen molar-refractivity contribution in [1.82, 2.24) is 0 Å². The number of rotatable bonds is 4. The molecule has 1 aliphatic carbocycles. The van der Waals surface area contributed by atoms with Crippen LogP contribution in [0.5, 0.6) is 0 Å². The predicted octanol–water partition coefficient (Wildman–Crippen LogP) is 0.750. The summed E-state index contributed by atoms with van der Waals surface area (Å²) in [4.78, 5) is 0. The summed E-state index contributed by atoms with van der Waals surface area (Å²) in [5.74, 6) is -1.27. The van der Waals surface area contributed by atoms with Crippen molar-refractivity contribution >= 4 is 6.98 Å². The molecule has 2 atom stereocenters. The van der Waals surface area contributed by atoms with Crippen molar-refractivity contribution in [3.05, 3.63) is 24.3 Å². The first kappa shape index (κ1) is 15.0. The number of hydrogen-bond donors (Lipinski definition) is 0. The Morgan fingerprint density at radius 3 is 2.36 bits per heavy atom. The van der Waals surface area contributed by atoms with Crippen LogP contribution in [-0.4, -0.2) is 6.98 Å². The van der Waals surface area contributed by atoms with Crippen molar-refractivity contribution in [2.24, 2.45) is 5.92 Å². The van der Waals surface area contributed by atoms with Gasteiger partial charge in [0.25, 0.3) is 0 Å². The molecule has 0 bridgehead atoms. The van der Waals surface area contributed by atoms with Gasteiger partial charge in [0, 0.05) is 0 Å². The van der Waals surface area contributed by atoms with E-state index in [-0.39, 0.29) is 57.3 Å². The molecule has 0 saturated heterocycles. The molecule has 74 valence electrons. The molecule has 0 aliphatic heterocycles. The van der Waals surface area contributed by atoms with E-state index >= 15 is 0 Å². The molecule has 1 saturated carbocycles. The molecule has 0 heterocycles. The van der Waals surface area contributed by atoms with Crippen molar-refractivity contribution in [3.8, 4) is 0 Å². The van der Waals surface area contributed by atoms with Crippen LogP contribution in [-0.2, 0) is 0 Å². The van der Waals surface area contributed by atoms with Crippen LogP contribution in [0.15, 0.2) is 24.3 Å². The maximum atomic E-state index is 12.1. The van der Waals surface area contributed by atoms with Crippen LogP contribution in [0.1, 0.15) is 19.8 Å². The second kappa shape index (κ2) is 6.53. The van der Waals surface area contributed by atoms with E-state index in [1.807, 2.05) is 13.0 Å². The molecule has 5 heteroatoms. The van der Waals surface area contributed by atoms with E-state index in [0.29, 0.717) is 6.42 Å². The third kappa shape index (κ3) is 5.17. The van der Waals surface area contributed by atoms with Gasteiger partial charge >= 0.3 is 58.4 Å². The third-order valence-electron chi connectivity index (χ3n) is 2.22. The van der Waals surface area contributed by atoms with Crippen LogP contribution >= 0.6 is 0 Å². The molecule has 0 aromatic rings. The van der Waals surface area contributed by atoms with Crippen LogP contribution in [0.25, 0.3) is 0 Å². The fourth-order valence-electron chi connectivity index (χ4n) is 1.31. The average Bonchev–Trinajstić information content (AvgIpc) is 2.76. The molecule has 1 fully saturated rings. The van der Waals surface area contributed by atoms with Crippen LogP contribution in [0.3, 0.4) is 0 Å². The van der Waals surface area contributed by atoms with E-state index in [1.165, 1.54) is 0 Å². The summed E-state index contributed by atoms with van der Waals surface area (Å²) in [7, 11) is 0. The Kier molecular flexibility index (Phi) is 6.98. The SMILES string of the molecule is CC/C=C\C=C\[C@H]1C[C@@H]1[B-](F)(F)F.[K+]. The van der Waals surface area contributed by atoms with Crippen molar-refractivity contribution in [1.29, 1.82) is 0 Å². The first-order chi connectivity index (χ1) is 6.05. The van der Waals surface area contributed by atoms with Crippen LogP contribution in [0, 0.1) is 5.92 Å². The third-order valence-corrected chi connectivity index (χ3v) is 2.22. The zero-order valence-electron chi connectivity index (χ0n) is 8.59. The van der Waals surface area contributed by atoms with Gasteiger partial charge in [-0.25, -0.2) is 0 Å². The molecule has 0 aromatic heterocycles. The molecule has 0 N–H and O–H groups in total. The van der Waals surface area contributed by atoms with Gasteiger partial charge in [0.15, 0.2) is 0 Å². The molecular formula is C9H13BF3K. The van der Waals surface area contributed by atoms with Crippen molar-refractivity contribution < 1.29 is 64.3 Å². The topological polar surface area (TPSA) is 0 Å². The van der Waals surface area contributed by atoms with Crippen molar-refractivity contribution in [3.63, 3.8) is 0 Å². The van der Waals surface area contributed by atoms with Crippen LogP contribution in [0.2, 0.25) is 5.82 Å². The molecule has 1 aliphatic rings. The Hall–Kier alpha value is 0.971. The summed E-state index contributed by atoms with van der Waals surface area (Å²) >= 11 is 0. The molecule has 0 amide bonds. The summed E-state index contributed by atoms with van der Waals surface area (Å²) in [6.07, 6.45) is 8.31. The largest absolute Gasteiger partial charge is 1.00 e. The van der Waals surface area contributed by atoms with Gasteiger partial charge < -0.3 is 12.9 Å². The second-order valence-electron chi connectivity index (χ2n) is 3.41. The molecule has 0 nitrogen and oxygen atoms in total. The van der Waals surface area contributed by atoms with E-state index in [1.54, 1.807) is 18.2 Å². The predicted molar refractivity (Wildman–Crippen MR) is 49.5 cm³/mol. The van der Waals surface area contributed by atoms with Crippen molar-refractivity contribution in [2.45, 2.75) is 25.6 Å². The maximum absolute atomic E-state index is 12.1. The first-order valence-corrected chi connectivity index (χ1v) is 4.59. The Morgan fingerprint density at radius 1 is 1.29 bits per heavy atom. The van der Waals surface area contributed by atoms with E-state index in [9.17, 15) is 12.9 Å². The van der Waals surface area contributed by atoms with Gasteiger partial charge in [0.1, 0.15) is 0 Å². The monoisotopic (exact) mass is 228 g/mol. The fraction of sp³-hybridized carbons (Fsp3) is 0.556. The number of hydrogen-bond acceptors (Lipinski definition) is 0. The standard InChI is InChI=1S/C9H13BF3.K/c1-2-3-4-5-6-8-7-9(8)10(11,12)13;/h3-6,8-9H,2,7H2,1H3;/q-1;+1/b4-3-,6-5+;/t8-,9-;/m0./s1. The van der Waals surface area contributed by atoms with E-state index in [2.05, 4.69) is 0 Å². The number of halogens is 3. The zero-order valence-corrected chi connectivity index (χ0v) is 11.7. The summed E-state index contributed by atoms with van der Waals surface area (Å²) in [5, 5.41) is 0. The van der Waals surface area contributed by atoms with Gasteiger partial charge in [-0.15, -0.1) is 0 Å². The fourth-order valence-corrected chi connectivity index (χ4v) is 1.31. The summed E-state index contributed by atoms with van der Waals surface area (Å²) in [5.41, 5.74) is 0. The smallest absolute Gasteiger partial charge is 0.449 e. The quantitative estimate of drug-likeness (QED) is 0.492. The van der Waals surface area contributed by atoms with E-state index < -0.39 is 12.8 Å². The Balaban J connectivity index is 0.00000169. The molecular weight excluding hydrogens is 215 g/mol. The Morgan fingerprint density at radius 2 is 1.93 bits per heavy atom. The second-order valence-corrected chi connectivity index (χ2v) is 3.41. The molecule has 14 heavy (non-hydrogen) atoms. The Labute approximate surface area is 125 Å². The van der Waals surface area contributed by atoms with Crippen LogP contribution in [0.4, 0.5) is 12.9 Å². The van der Waals surface area contributed by atoms with Gasteiger partial charge in [-0.3, -0.25) is 0 Å². The van der Waals surface area contributed by atoms with Gasteiger partial charge in [0.05, 0.1) is 0 Å². The normalized spacial score (nSPS) is 26.9. The maximum Gasteiger partial charge on any atom is 1.00 e. The van der Waals surface area contributed by atoms with Crippen molar-refractivity contribution in [2.75, 3.05) is 0 Å². The molecule has 0 aromatic carbocycles.